The number of hydrogen-bond acceptors (Lipinski definition) is 4. The summed E-state index contributed by atoms with van der Waals surface area (Å²) in [5, 5.41) is 5.11. The summed E-state index contributed by atoms with van der Waals surface area (Å²) in [5.74, 6) is 0.673. The van der Waals surface area contributed by atoms with Gasteiger partial charge in [-0.15, -0.1) is 11.3 Å². The Morgan fingerprint density at radius 2 is 2.00 bits per heavy atom. The van der Waals surface area contributed by atoms with E-state index in [9.17, 15) is 4.79 Å². The minimum absolute atomic E-state index is 0.158. The van der Waals surface area contributed by atoms with Gasteiger partial charge >= 0.3 is 0 Å². The van der Waals surface area contributed by atoms with Crippen molar-refractivity contribution in [3.05, 3.63) is 22.4 Å². The molecule has 0 aliphatic carbocycles. The highest BCUT2D eigenvalue weighted by molar-refractivity contribution is 7.09. The van der Waals surface area contributed by atoms with Gasteiger partial charge in [-0.2, -0.15) is 0 Å². The van der Waals surface area contributed by atoms with Crippen LogP contribution in [0.4, 0.5) is 0 Å². The third-order valence-electron chi connectivity index (χ3n) is 3.50. The van der Waals surface area contributed by atoms with Gasteiger partial charge < -0.3 is 5.32 Å². The molecule has 0 aromatic carbocycles. The highest BCUT2D eigenvalue weighted by Crippen LogP contribution is 2.13. The highest BCUT2D eigenvalue weighted by Gasteiger charge is 2.19. The van der Waals surface area contributed by atoms with Crippen LogP contribution in [0.25, 0.3) is 0 Å². The molecule has 0 bridgehead atoms. The standard InChI is InChI=1S/C15H25N3OS/c1-13(2)10-16-15(19)12-18-7-5-17(6-8-18)11-14-4-3-9-20-14/h3-4,9,13H,5-8,10-12H2,1-2H3,(H,16,19). The quantitative estimate of drug-likeness (QED) is 0.866. The summed E-state index contributed by atoms with van der Waals surface area (Å²) < 4.78 is 0. The lowest BCUT2D eigenvalue weighted by atomic mass is 10.2. The maximum absolute atomic E-state index is 11.8. The minimum Gasteiger partial charge on any atom is -0.355 e. The lowest BCUT2D eigenvalue weighted by Crippen LogP contribution is -2.49. The van der Waals surface area contributed by atoms with E-state index in [2.05, 4.69) is 46.5 Å². The van der Waals surface area contributed by atoms with E-state index >= 15 is 0 Å². The zero-order valence-electron chi connectivity index (χ0n) is 12.5. The molecular formula is C15H25N3OS. The van der Waals surface area contributed by atoms with E-state index in [-0.39, 0.29) is 5.91 Å². The number of nitrogens with one attached hydrogen (secondary N) is 1. The average molecular weight is 295 g/mol. The zero-order valence-corrected chi connectivity index (χ0v) is 13.3. The van der Waals surface area contributed by atoms with Crippen LogP contribution >= 0.6 is 11.3 Å². The Hall–Kier alpha value is -0.910. The van der Waals surface area contributed by atoms with Crippen LogP contribution in [0, 0.1) is 5.92 Å². The molecule has 20 heavy (non-hydrogen) atoms. The van der Waals surface area contributed by atoms with E-state index in [0.717, 1.165) is 39.3 Å². The fourth-order valence-corrected chi connectivity index (χ4v) is 3.05. The number of hydrogen-bond donors (Lipinski definition) is 1. The van der Waals surface area contributed by atoms with Crippen LogP contribution < -0.4 is 5.32 Å². The number of carbonyl (C=O) groups is 1. The Bertz CT molecular complexity index is 397. The molecule has 1 aliphatic heterocycles. The number of carbonyl (C=O) groups excluding carboxylic acids is 1. The molecule has 1 N–H and O–H groups in total. The van der Waals surface area contributed by atoms with Crippen molar-refractivity contribution < 1.29 is 4.79 Å². The van der Waals surface area contributed by atoms with Crippen molar-refractivity contribution in [2.45, 2.75) is 20.4 Å². The van der Waals surface area contributed by atoms with Crippen LogP contribution in [0.15, 0.2) is 17.5 Å². The molecular weight excluding hydrogens is 270 g/mol. The van der Waals surface area contributed by atoms with Crippen molar-refractivity contribution >= 4 is 17.2 Å². The summed E-state index contributed by atoms with van der Waals surface area (Å²) in [5.41, 5.74) is 0. The largest absolute Gasteiger partial charge is 0.355 e. The van der Waals surface area contributed by atoms with E-state index in [1.165, 1.54) is 4.88 Å². The second kappa shape index (κ2) is 7.76. The zero-order chi connectivity index (χ0) is 14.4. The number of rotatable bonds is 6. The van der Waals surface area contributed by atoms with E-state index in [1.807, 2.05) is 11.3 Å². The molecule has 0 radical (unpaired) electrons. The summed E-state index contributed by atoms with van der Waals surface area (Å²) in [7, 11) is 0. The molecule has 0 saturated carbocycles. The molecule has 5 heteroatoms. The lowest BCUT2D eigenvalue weighted by Gasteiger charge is -2.34. The maximum Gasteiger partial charge on any atom is 0.234 e. The van der Waals surface area contributed by atoms with Crippen molar-refractivity contribution in [1.29, 1.82) is 0 Å². The van der Waals surface area contributed by atoms with Gasteiger partial charge in [-0.25, -0.2) is 0 Å². The lowest BCUT2D eigenvalue weighted by molar-refractivity contribution is -0.122. The summed E-state index contributed by atoms with van der Waals surface area (Å²) in [6.45, 7) is 10.7. The van der Waals surface area contributed by atoms with Crippen LogP contribution in [0.5, 0.6) is 0 Å². The Morgan fingerprint density at radius 1 is 1.30 bits per heavy atom. The predicted octanol–water partition coefficient (Wildman–Crippen LogP) is 1.64. The van der Waals surface area contributed by atoms with Gasteiger partial charge in [0, 0.05) is 44.1 Å². The summed E-state index contributed by atoms with van der Waals surface area (Å²) in [4.78, 5) is 17.9. The van der Waals surface area contributed by atoms with Gasteiger partial charge in [0.15, 0.2) is 0 Å². The second-order valence-electron chi connectivity index (χ2n) is 5.83. The molecule has 1 aromatic heterocycles. The van der Waals surface area contributed by atoms with Crippen molar-refractivity contribution in [3.63, 3.8) is 0 Å². The molecule has 2 heterocycles. The summed E-state index contributed by atoms with van der Waals surface area (Å²) >= 11 is 1.82. The molecule has 112 valence electrons. The predicted molar refractivity (Wildman–Crippen MR) is 83.9 cm³/mol. The van der Waals surface area contributed by atoms with Crippen LogP contribution in [0.3, 0.4) is 0 Å². The maximum atomic E-state index is 11.8. The molecule has 0 spiro atoms. The van der Waals surface area contributed by atoms with Gasteiger partial charge in [0.05, 0.1) is 6.54 Å². The number of piperazine rings is 1. The first-order valence-electron chi connectivity index (χ1n) is 7.37. The van der Waals surface area contributed by atoms with E-state index < -0.39 is 0 Å². The fraction of sp³-hybridized carbons (Fsp3) is 0.667. The minimum atomic E-state index is 0.158. The summed E-state index contributed by atoms with van der Waals surface area (Å²) in [6, 6.07) is 4.30. The fourth-order valence-electron chi connectivity index (χ4n) is 2.31. The van der Waals surface area contributed by atoms with E-state index in [0.29, 0.717) is 12.5 Å². The van der Waals surface area contributed by atoms with Crippen LogP contribution in [-0.4, -0.2) is 55.0 Å². The molecule has 0 unspecified atom stereocenters. The first-order valence-corrected chi connectivity index (χ1v) is 8.25. The van der Waals surface area contributed by atoms with Crippen molar-refractivity contribution in [3.8, 4) is 0 Å². The van der Waals surface area contributed by atoms with Gasteiger partial charge in [-0.3, -0.25) is 14.6 Å². The van der Waals surface area contributed by atoms with E-state index in [1.54, 1.807) is 0 Å². The Morgan fingerprint density at radius 3 is 2.60 bits per heavy atom. The third-order valence-corrected chi connectivity index (χ3v) is 4.36. The monoisotopic (exact) mass is 295 g/mol. The second-order valence-corrected chi connectivity index (χ2v) is 6.86. The molecule has 1 aliphatic rings. The summed E-state index contributed by atoms with van der Waals surface area (Å²) in [6.07, 6.45) is 0. The van der Waals surface area contributed by atoms with Gasteiger partial charge in [0.1, 0.15) is 0 Å². The third kappa shape index (κ3) is 5.23. The Labute approximate surface area is 125 Å². The normalized spacial score (nSPS) is 17.6. The molecule has 1 aromatic rings. The Kier molecular flexibility index (Phi) is 6.01. The topological polar surface area (TPSA) is 35.6 Å². The molecule has 1 fully saturated rings. The van der Waals surface area contributed by atoms with Crippen molar-refractivity contribution in [1.82, 2.24) is 15.1 Å². The highest BCUT2D eigenvalue weighted by atomic mass is 32.1. The van der Waals surface area contributed by atoms with Crippen molar-refractivity contribution in [2.75, 3.05) is 39.3 Å². The first-order chi connectivity index (χ1) is 9.63. The molecule has 0 atom stereocenters. The van der Waals surface area contributed by atoms with Gasteiger partial charge in [-0.05, 0) is 17.4 Å². The molecule has 2 rings (SSSR count). The first kappa shape index (κ1) is 15.5. The van der Waals surface area contributed by atoms with Crippen LogP contribution in [0.1, 0.15) is 18.7 Å². The van der Waals surface area contributed by atoms with Gasteiger partial charge in [-0.1, -0.05) is 19.9 Å². The van der Waals surface area contributed by atoms with E-state index in [4.69, 9.17) is 0 Å². The molecule has 4 nitrogen and oxygen atoms in total. The van der Waals surface area contributed by atoms with Crippen molar-refractivity contribution in [2.24, 2.45) is 5.92 Å². The smallest absolute Gasteiger partial charge is 0.234 e. The SMILES string of the molecule is CC(C)CNC(=O)CN1CCN(Cc2cccs2)CC1. The van der Waals surface area contributed by atoms with Crippen LogP contribution in [0.2, 0.25) is 0 Å². The van der Waals surface area contributed by atoms with Gasteiger partial charge in [0.2, 0.25) is 5.91 Å². The van der Waals surface area contributed by atoms with Gasteiger partial charge in [0.25, 0.3) is 0 Å². The number of thiophene rings is 1. The molecule has 1 saturated heterocycles. The molecule has 1 amide bonds. The van der Waals surface area contributed by atoms with Crippen LogP contribution in [-0.2, 0) is 11.3 Å². The number of nitrogens with zero attached hydrogens (tertiary/aromatic N) is 2. The number of amides is 1. The average Bonchev–Trinajstić information content (AvgIpc) is 2.92. The Balaban J connectivity index is 1.65.